The van der Waals surface area contributed by atoms with E-state index in [2.05, 4.69) is 10.6 Å². The summed E-state index contributed by atoms with van der Waals surface area (Å²) in [5.41, 5.74) is -0.311. The third-order valence-electron chi connectivity index (χ3n) is 4.71. The first-order chi connectivity index (χ1) is 13.0. The number of nitrogens with zero attached hydrogens (tertiary/aromatic N) is 1. The Labute approximate surface area is 157 Å². The Morgan fingerprint density at radius 1 is 1.22 bits per heavy atom. The van der Waals surface area contributed by atoms with Crippen molar-refractivity contribution in [1.29, 1.82) is 0 Å². The maximum absolute atomic E-state index is 12.8. The van der Waals surface area contributed by atoms with Crippen LogP contribution in [-0.2, 0) is 15.1 Å². The van der Waals surface area contributed by atoms with Gasteiger partial charge in [0, 0.05) is 0 Å². The van der Waals surface area contributed by atoms with Crippen molar-refractivity contribution < 1.29 is 18.8 Å². The molecule has 1 saturated heterocycles. The fourth-order valence-electron chi connectivity index (χ4n) is 3.25. The molecular formula is C20H23N3O4. The quantitative estimate of drug-likeness (QED) is 0.734. The van der Waals surface area contributed by atoms with Crippen molar-refractivity contribution in [3.05, 3.63) is 60.1 Å². The van der Waals surface area contributed by atoms with Crippen LogP contribution in [0.1, 0.15) is 44.1 Å². The lowest BCUT2D eigenvalue weighted by molar-refractivity contribution is -0.135. The van der Waals surface area contributed by atoms with E-state index >= 15 is 0 Å². The Morgan fingerprint density at radius 2 is 1.96 bits per heavy atom. The molecular weight excluding hydrogens is 346 g/mol. The summed E-state index contributed by atoms with van der Waals surface area (Å²) in [5, 5.41) is 5.54. The Hall–Kier alpha value is -3.09. The molecule has 1 aromatic heterocycles. The van der Waals surface area contributed by atoms with Crippen LogP contribution in [-0.4, -0.2) is 29.3 Å². The third kappa shape index (κ3) is 3.72. The molecule has 3 rings (SSSR count). The maximum atomic E-state index is 12.8. The Kier molecular flexibility index (Phi) is 5.30. The van der Waals surface area contributed by atoms with E-state index in [4.69, 9.17) is 4.42 Å². The highest BCUT2D eigenvalue weighted by Gasteiger charge is 2.51. The second kappa shape index (κ2) is 7.65. The SMILES string of the molecule is CCCC(NC(=O)CN1C(=O)NC(C)(c2ccco2)C1=O)c1ccccc1. The number of amides is 4. The zero-order valence-corrected chi connectivity index (χ0v) is 15.4. The van der Waals surface area contributed by atoms with Gasteiger partial charge in [0.25, 0.3) is 5.91 Å². The lowest BCUT2D eigenvalue weighted by Gasteiger charge is -2.21. The number of hydrogen-bond acceptors (Lipinski definition) is 4. The van der Waals surface area contributed by atoms with E-state index < -0.39 is 17.5 Å². The summed E-state index contributed by atoms with van der Waals surface area (Å²) in [6, 6.07) is 12.1. The highest BCUT2D eigenvalue weighted by molar-refractivity contribution is 6.08. The maximum Gasteiger partial charge on any atom is 0.325 e. The molecule has 1 aliphatic rings. The van der Waals surface area contributed by atoms with Gasteiger partial charge in [-0.2, -0.15) is 0 Å². The van der Waals surface area contributed by atoms with Crippen LogP contribution in [0.2, 0.25) is 0 Å². The van der Waals surface area contributed by atoms with Crippen molar-refractivity contribution in [2.75, 3.05) is 6.54 Å². The summed E-state index contributed by atoms with van der Waals surface area (Å²) in [5.74, 6) is -0.564. The van der Waals surface area contributed by atoms with Crippen molar-refractivity contribution in [3.63, 3.8) is 0 Å². The minimum Gasteiger partial charge on any atom is -0.466 e. The van der Waals surface area contributed by atoms with E-state index in [1.807, 2.05) is 37.3 Å². The summed E-state index contributed by atoms with van der Waals surface area (Å²) in [6.45, 7) is 3.26. The van der Waals surface area contributed by atoms with Crippen molar-refractivity contribution >= 4 is 17.8 Å². The molecule has 2 heterocycles. The zero-order chi connectivity index (χ0) is 19.4. The molecule has 1 aliphatic heterocycles. The zero-order valence-electron chi connectivity index (χ0n) is 15.4. The third-order valence-corrected chi connectivity index (χ3v) is 4.71. The lowest BCUT2D eigenvalue weighted by atomic mass is 9.99. The summed E-state index contributed by atoms with van der Waals surface area (Å²) in [4.78, 5) is 38.5. The van der Waals surface area contributed by atoms with Gasteiger partial charge in [-0.05, 0) is 31.0 Å². The van der Waals surface area contributed by atoms with Crippen LogP contribution in [0.5, 0.6) is 0 Å². The number of urea groups is 1. The van der Waals surface area contributed by atoms with Gasteiger partial charge in [0.05, 0.1) is 12.3 Å². The topological polar surface area (TPSA) is 91.7 Å². The molecule has 0 bridgehead atoms. The van der Waals surface area contributed by atoms with E-state index in [0.717, 1.165) is 23.3 Å². The van der Waals surface area contributed by atoms with Gasteiger partial charge in [-0.1, -0.05) is 43.7 Å². The first-order valence-electron chi connectivity index (χ1n) is 8.98. The molecule has 2 atom stereocenters. The van der Waals surface area contributed by atoms with Gasteiger partial charge in [0.2, 0.25) is 5.91 Å². The monoisotopic (exact) mass is 369 g/mol. The Bertz CT molecular complexity index is 819. The molecule has 0 radical (unpaired) electrons. The predicted molar refractivity (Wildman–Crippen MR) is 98.5 cm³/mol. The van der Waals surface area contributed by atoms with Crippen molar-refractivity contribution in [1.82, 2.24) is 15.5 Å². The van der Waals surface area contributed by atoms with E-state index in [-0.39, 0.29) is 18.5 Å². The Morgan fingerprint density at radius 3 is 2.59 bits per heavy atom. The fraction of sp³-hybridized carbons (Fsp3) is 0.350. The molecule has 1 fully saturated rings. The molecule has 0 saturated carbocycles. The molecule has 2 N–H and O–H groups in total. The number of nitrogens with one attached hydrogen (secondary N) is 2. The summed E-state index contributed by atoms with van der Waals surface area (Å²) in [7, 11) is 0. The second-order valence-corrected chi connectivity index (χ2v) is 6.74. The Balaban J connectivity index is 1.70. The standard InChI is InChI=1S/C20H23N3O4/c1-3-8-15(14-9-5-4-6-10-14)21-17(24)13-23-18(25)20(2,22-19(23)26)16-11-7-12-27-16/h4-7,9-12,15H,3,8,13H2,1-2H3,(H,21,24)(H,22,26). The van der Waals surface area contributed by atoms with Crippen LogP contribution in [0.4, 0.5) is 4.79 Å². The van der Waals surface area contributed by atoms with E-state index in [0.29, 0.717) is 5.76 Å². The van der Waals surface area contributed by atoms with Crippen LogP contribution >= 0.6 is 0 Å². The smallest absolute Gasteiger partial charge is 0.325 e. The molecule has 7 heteroatoms. The van der Waals surface area contributed by atoms with Crippen LogP contribution in [0.15, 0.2) is 53.1 Å². The first-order valence-corrected chi connectivity index (χ1v) is 8.98. The van der Waals surface area contributed by atoms with Crippen molar-refractivity contribution in [2.24, 2.45) is 0 Å². The van der Waals surface area contributed by atoms with Crippen LogP contribution in [0, 0.1) is 0 Å². The molecule has 4 amide bonds. The highest BCUT2D eigenvalue weighted by Crippen LogP contribution is 2.29. The number of carbonyl (C=O) groups is 3. The summed E-state index contributed by atoms with van der Waals surface area (Å²) < 4.78 is 5.28. The fourth-order valence-corrected chi connectivity index (χ4v) is 3.25. The number of furan rings is 1. The van der Waals surface area contributed by atoms with Gasteiger partial charge >= 0.3 is 6.03 Å². The van der Waals surface area contributed by atoms with Crippen molar-refractivity contribution in [2.45, 2.75) is 38.3 Å². The first kappa shape index (κ1) is 18.7. The largest absolute Gasteiger partial charge is 0.466 e. The normalized spacial score (nSPS) is 20.4. The molecule has 2 aromatic rings. The van der Waals surface area contributed by atoms with Gasteiger partial charge in [0.1, 0.15) is 12.3 Å². The molecule has 1 aromatic carbocycles. The van der Waals surface area contributed by atoms with Gasteiger partial charge < -0.3 is 15.1 Å². The van der Waals surface area contributed by atoms with Crippen LogP contribution in [0.3, 0.4) is 0 Å². The van der Waals surface area contributed by atoms with E-state index in [1.165, 1.54) is 6.26 Å². The number of benzene rings is 1. The molecule has 142 valence electrons. The molecule has 27 heavy (non-hydrogen) atoms. The lowest BCUT2D eigenvalue weighted by Crippen LogP contribution is -2.43. The number of carbonyl (C=O) groups excluding carboxylic acids is 3. The number of imide groups is 1. The summed E-state index contributed by atoms with van der Waals surface area (Å²) in [6.07, 6.45) is 3.09. The molecule has 7 nitrogen and oxygen atoms in total. The second-order valence-electron chi connectivity index (χ2n) is 6.74. The van der Waals surface area contributed by atoms with E-state index in [1.54, 1.807) is 19.1 Å². The molecule has 0 spiro atoms. The van der Waals surface area contributed by atoms with Crippen LogP contribution < -0.4 is 10.6 Å². The van der Waals surface area contributed by atoms with Crippen LogP contribution in [0.25, 0.3) is 0 Å². The van der Waals surface area contributed by atoms with Gasteiger partial charge in [-0.3, -0.25) is 14.5 Å². The summed E-state index contributed by atoms with van der Waals surface area (Å²) >= 11 is 0. The van der Waals surface area contributed by atoms with Gasteiger partial charge in [-0.15, -0.1) is 0 Å². The minimum atomic E-state index is -1.30. The van der Waals surface area contributed by atoms with Gasteiger partial charge in [0.15, 0.2) is 5.54 Å². The average molecular weight is 369 g/mol. The average Bonchev–Trinajstić information content (AvgIpc) is 3.27. The van der Waals surface area contributed by atoms with Crippen molar-refractivity contribution in [3.8, 4) is 0 Å². The molecule has 2 unspecified atom stereocenters. The van der Waals surface area contributed by atoms with E-state index in [9.17, 15) is 14.4 Å². The minimum absolute atomic E-state index is 0.166. The number of rotatable bonds is 7. The van der Waals surface area contributed by atoms with Gasteiger partial charge in [-0.25, -0.2) is 4.79 Å². The number of hydrogen-bond donors (Lipinski definition) is 2. The predicted octanol–water partition coefficient (Wildman–Crippen LogP) is 2.70. The highest BCUT2D eigenvalue weighted by atomic mass is 16.3. The molecule has 0 aliphatic carbocycles.